The fourth-order valence-corrected chi connectivity index (χ4v) is 5.61. The number of aryl methyl sites for hydroxylation is 1. The Bertz CT molecular complexity index is 1400. The fourth-order valence-electron chi connectivity index (χ4n) is 5.61. The highest BCUT2D eigenvalue weighted by Crippen LogP contribution is 2.45. The molecule has 5 rings (SSSR count). The Morgan fingerprint density at radius 2 is 1.71 bits per heavy atom. The minimum absolute atomic E-state index is 0.0398. The molecule has 1 fully saturated rings. The summed E-state index contributed by atoms with van der Waals surface area (Å²) >= 11 is 0. The van der Waals surface area contributed by atoms with Crippen molar-refractivity contribution in [2.75, 3.05) is 29.4 Å². The predicted octanol–water partition coefficient (Wildman–Crippen LogP) is 6.21. The third-order valence-corrected chi connectivity index (χ3v) is 7.75. The number of rotatable bonds is 9. The summed E-state index contributed by atoms with van der Waals surface area (Å²) in [5.41, 5.74) is 5.02. The highest BCUT2D eigenvalue weighted by atomic mass is 19.4. The Hall–Kier alpha value is -3.42. The van der Waals surface area contributed by atoms with Crippen LogP contribution in [0, 0.1) is 12.8 Å². The van der Waals surface area contributed by atoms with Crippen LogP contribution in [0.2, 0.25) is 0 Å². The second kappa shape index (κ2) is 11.7. The van der Waals surface area contributed by atoms with Crippen LogP contribution in [0.3, 0.4) is 0 Å². The van der Waals surface area contributed by atoms with Crippen LogP contribution in [0.1, 0.15) is 65.1 Å². The van der Waals surface area contributed by atoms with E-state index in [4.69, 9.17) is 5.73 Å². The van der Waals surface area contributed by atoms with Crippen molar-refractivity contribution in [1.29, 1.82) is 0 Å². The van der Waals surface area contributed by atoms with Crippen molar-refractivity contribution in [2.45, 2.75) is 70.8 Å². The number of aromatic nitrogens is 4. The van der Waals surface area contributed by atoms with Crippen molar-refractivity contribution in [3.63, 3.8) is 0 Å². The molecule has 42 heavy (non-hydrogen) atoms. The summed E-state index contributed by atoms with van der Waals surface area (Å²) in [5.74, 6) is 0.495. The van der Waals surface area contributed by atoms with Gasteiger partial charge in [0.15, 0.2) is 0 Å². The Labute approximate surface area is 238 Å². The Kier molecular flexibility index (Phi) is 8.37. The van der Waals surface area contributed by atoms with Gasteiger partial charge in [-0.25, -0.2) is 4.39 Å². The van der Waals surface area contributed by atoms with E-state index in [1.54, 1.807) is 4.90 Å². The van der Waals surface area contributed by atoms with Gasteiger partial charge in [0.05, 0.1) is 23.7 Å². The molecule has 0 saturated heterocycles. The van der Waals surface area contributed by atoms with Gasteiger partial charge in [-0.15, -0.1) is 5.10 Å². The molecule has 1 unspecified atom stereocenters. The molecular formula is C28H32F7N7. The van der Waals surface area contributed by atoms with E-state index in [-0.39, 0.29) is 42.3 Å². The van der Waals surface area contributed by atoms with E-state index < -0.39 is 36.2 Å². The monoisotopic (exact) mass is 599 g/mol. The summed E-state index contributed by atoms with van der Waals surface area (Å²) in [6.07, 6.45) is -6.15. The number of nitrogens with two attached hydrogens (primary N) is 1. The van der Waals surface area contributed by atoms with Crippen molar-refractivity contribution in [3.05, 3.63) is 63.7 Å². The lowest BCUT2D eigenvalue weighted by atomic mass is 9.94. The number of fused-ring (bicyclic) bond motifs is 1. The van der Waals surface area contributed by atoms with Crippen molar-refractivity contribution < 1.29 is 30.7 Å². The maximum atomic E-state index is 14.0. The van der Waals surface area contributed by atoms with Crippen LogP contribution in [0.4, 0.5) is 42.4 Å². The molecule has 1 saturated carbocycles. The first-order chi connectivity index (χ1) is 19.9. The van der Waals surface area contributed by atoms with Gasteiger partial charge in [-0.05, 0) is 84.2 Å². The largest absolute Gasteiger partial charge is 0.416 e. The van der Waals surface area contributed by atoms with Gasteiger partial charge in [0, 0.05) is 31.9 Å². The molecule has 0 spiro atoms. The van der Waals surface area contributed by atoms with Gasteiger partial charge in [0.25, 0.3) is 5.95 Å². The summed E-state index contributed by atoms with van der Waals surface area (Å²) < 4.78 is 96.7. The molecule has 0 radical (unpaired) electrons. The number of alkyl halides is 7. The van der Waals surface area contributed by atoms with Crippen LogP contribution >= 0.6 is 0 Å². The molecule has 1 aromatic heterocycles. The zero-order valence-electron chi connectivity index (χ0n) is 23.0. The number of hydrogen-bond acceptors (Lipinski definition) is 6. The van der Waals surface area contributed by atoms with E-state index in [9.17, 15) is 30.7 Å². The normalized spacial score (nSPS) is 17.7. The summed E-state index contributed by atoms with van der Waals surface area (Å²) in [7, 11) is 0. The molecule has 0 bridgehead atoms. The SMILES string of the molecule is Cc1cc2c(cc1C(F)(F)F)N(CC1CC1)CCCC2N(Cc1cc(CF)cc(C(F)(F)F)c1)c1nnn(CCN)n1. The Balaban J connectivity index is 1.64. The average Bonchev–Trinajstić information content (AvgIpc) is 3.65. The quantitative estimate of drug-likeness (QED) is 0.295. The van der Waals surface area contributed by atoms with Gasteiger partial charge < -0.3 is 15.5 Å². The standard InChI is InChI=1S/C28H32F7N7/c1-17-9-22-24(3-2-7-40(15-18-4-5-18)25(22)13-23(17)28(33,34)35)41(26-37-39-42(38-26)8-6-36)16-20-10-19(14-29)11-21(12-20)27(30,31)32/h9-13,18,24H,2-8,14-16,36H2,1H3. The second-order valence-electron chi connectivity index (χ2n) is 11.0. The number of nitrogens with zero attached hydrogens (tertiary/aromatic N) is 6. The minimum Gasteiger partial charge on any atom is -0.371 e. The number of tetrazole rings is 1. The lowest BCUT2D eigenvalue weighted by molar-refractivity contribution is -0.138. The number of benzene rings is 2. The average molecular weight is 600 g/mol. The molecule has 2 aromatic carbocycles. The molecule has 2 heterocycles. The van der Waals surface area contributed by atoms with Crippen molar-refractivity contribution in [1.82, 2.24) is 20.2 Å². The van der Waals surface area contributed by atoms with Gasteiger partial charge in [-0.2, -0.15) is 31.1 Å². The highest BCUT2D eigenvalue weighted by molar-refractivity contribution is 5.62. The first-order valence-corrected chi connectivity index (χ1v) is 13.8. The highest BCUT2D eigenvalue weighted by Gasteiger charge is 2.38. The van der Waals surface area contributed by atoms with E-state index in [0.29, 0.717) is 43.1 Å². The molecule has 2 aliphatic rings. The maximum absolute atomic E-state index is 14.0. The van der Waals surface area contributed by atoms with Crippen molar-refractivity contribution in [3.8, 4) is 0 Å². The predicted molar refractivity (Wildman–Crippen MR) is 142 cm³/mol. The van der Waals surface area contributed by atoms with Gasteiger partial charge in [0.2, 0.25) is 0 Å². The van der Waals surface area contributed by atoms with Crippen molar-refractivity contribution >= 4 is 11.6 Å². The molecule has 7 nitrogen and oxygen atoms in total. The third kappa shape index (κ3) is 6.63. The van der Waals surface area contributed by atoms with Crippen LogP contribution < -0.4 is 15.5 Å². The summed E-state index contributed by atoms with van der Waals surface area (Å²) in [5, 5.41) is 12.6. The number of hydrogen-bond donors (Lipinski definition) is 1. The van der Waals surface area contributed by atoms with Crippen LogP contribution in [-0.2, 0) is 32.1 Å². The molecule has 1 atom stereocenters. The molecule has 228 valence electrons. The van der Waals surface area contributed by atoms with Crippen LogP contribution in [0.25, 0.3) is 0 Å². The van der Waals surface area contributed by atoms with Gasteiger partial charge >= 0.3 is 12.4 Å². The van der Waals surface area contributed by atoms with Crippen molar-refractivity contribution in [2.24, 2.45) is 11.7 Å². The Morgan fingerprint density at radius 3 is 2.36 bits per heavy atom. The molecule has 2 N–H and O–H groups in total. The van der Waals surface area contributed by atoms with Crippen LogP contribution in [0.5, 0.6) is 0 Å². The third-order valence-electron chi connectivity index (χ3n) is 7.75. The van der Waals surface area contributed by atoms with Gasteiger partial charge in [-0.1, -0.05) is 17.2 Å². The molecule has 1 aliphatic carbocycles. The Morgan fingerprint density at radius 1 is 0.976 bits per heavy atom. The smallest absolute Gasteiger partial charge is 0.371 e. The van der Waals surface area contributed by atoms with Crippen LogP contribution in [0.15, 0.2) is 30.3 Å². The topological polar surface area (TPSA) is 76.1 Å². The molecule has 14 heteroatoms. The second-order valence-corrected chi connectivity index (χ2v) is 11.0. The van der Waals surface area contributed by atoms with E-state index in [1.165, 1.54) is 29.9 Å². The lowest BCUT2D eigenvalue weighted by Crippen LogP contribution is -2.31. The molecule has 3 aromatic rings. The van der Waals surface area contributed by atoms with E-state index in [2.05, 4.69) is 15.4 Å². The van der Waals surface area contributed by atoms with Crippen LogP contribution in [-0.4, -0.2) is 39.8 Å². The number of halogens is 7. The summed E-state index contributed by atoms with van der Waals surface area (Å²) in [6.45, 7) is 1.75. The lowest BCUT2D eigenvalue weighted by Gasteiger charge is -2.33. The zero-order valence-corrected chi connectivity index (χ0v) is 23.0. The number of anilines is 2. The zero-order chi connectivity index (χ0) is 30.2. The summed E-state index contributed by atoms with van der Waals surface area (Å²) in [6, 6.07) is 5.18. The maximum Gasteiger partial charge on any atom is 0.416 e. The fraction of sp³-hybridized carbons (Fsp3) is 0.536. The minimum atomic E-state index is -4.70. The van der Waals surface area contributed by atoms with Gasteiger partial charge in [-0.3, -0.25) is 0 Å². The first-order valence-electron chi connectivity index (χ1n) is 13.8. The molecular weight excluding hydrogens is 567 g/mol. The first kappa shape index (κ1) is 30.1. The molecule has 1 aliphatic heterocycles. The van der Waals surface area contributed by atoms with Gasteiger partial charge in [0.1, 0.15) is 6.67 Å². The molecule has 0 amide bonds. The summed E-state index contributed by atoms with van der Waals surface area (Å²) in [4.78, 5) is 4.91. The van der Waals surface area contributed by atoms with E-state index >= 15 is 0 Å². The van der Waals surface area contributed by atoms with E-state index in [1.807, 2.05) is 4.90 Å². The van der Waals surface area contributed by atoms with E-state index in [0.717, 1.165) is 25.0 Å².